The number of pyridine rings is 2. The molecule has 0 bridgehead atoms. The molecular formula is C21H28Cl2N6O6. The molecule has 4 aromatic heterocycles. The van der Waals surface area contributed by atoms with Gasteiger partial charge in [0.25, 0.3) is 23.2 Å². The van der Waals surface area contributed by atoms with E-state index in [1.54, 1.807) is 51.4 Å². The van der Waals surface area contributed by atoms with Crippen LogP contribution < -0.4 is 20.5 Å². The Kier molecular flexibility index (Phi) is 12.0. The van der Waals surface area contributed by atoms with Gasteiger partial charge in [-0.15, -0.1) is 24.8 Å². The molecule has 4 heterocycles. The summed E-state index contributed by atoms with van der Waals surface area (Å²) in [6.07, 6.45) is 2.77. The maximum absolute atomic E-state index is 11.4. The fourth-order valence-electron chi connectivity index (χ4n) is 2.50. The van der Waals surface area contributed by atoms with Crippen molar-refractivity contribution in [1.82, 2.24) is 25.6 Å². The van der Waals surface area contributed by atoms with Crippen LogP contribution in [0.3, 0.4) is 0 Å². The molecule has 3 N–H and O–H groups in total. The van der Waals surface area contributed by atoms with Gasteiger partial charge < -0.3 is 34.3 Å². The maximum atomic E-state index is 11.4. The van der Waals surface area contributed by atoms with E-state index in [2.05, 4.69) is 25.6 Å². The van der Waals surface area contributed by atoms with Crippen molar-refractivity contribution in [3.8, 4) is 11.8 Å². The van der Waals surface area contributed by atoms with Gasteiger partial charge >= 0.3 is 6.09 Å². The highest BCUT2D eigenvalue weighted by Gasteiger charge is 2.16. The van der Waals surface area contributed by atoms with Gasteiger partial charge in [-0.1, -0.05) is 0 Å². The van der Waals surface area contributed by atoms with E-state index in [1.165, 1.54) is 0 Å². The average Bonchev–Trinajstić information content (AvgIpc) is 3.39. The average molecular weight is 531 g/mol. The van der Waals surface area contributed by atoms with Crippen molar-refractivity contribution >= 4 is 53.1 Å². The van der Waals surface area contributed by atoms with Gasteiger partial charge in [0.15, 0.2) is 0 Å². The SMILES string of the molecule is CC(C)(C)OC(=O)NCCOc1noc2ncccc12.Cl.Cl.NCCOc1noc2ncccc12. The minimum atomic E-state index is -0.515. The molecule has 0 fully saturated rings. The standard InChI is InChI=1S/C13H17N3O4.C8H9N3O2.2ClH/c1-13(2,3)19-12(17)15-7-8-18-11-9-5-4-6-14-10(9)20-16-11;9-3-5-12-8-6-2-1-4-10-7(6)13-11-8;;/h4-6H,7-8H2,1-3H3,(H,15,17);1-2,4H,3,5,9H2;2*1H. The molecule has 0 atom stereocenters. The molecule has 12 nitrogen and oxygen atoms in total. The molecule has 0 saturated carbocycles. The third-order valence-electron chi connectivity index (χ3n) is 3.80. The van der Waals surface area contributed by atoms with Gasteiger partial charge in [0, 0.05) is 18.9 Å². The number of carbonyl (C=O) groups excluding carboxylic acids is 1. The van der Waals surface area contributed by atoms with E-state index < -0.39 is 11.7 Å². The molecule has 192 valence electrons. The van der Waals surface area contributed by atoms with Gasteiger partial charge in [-0.3, -0.25) is 0 Å². The van der Waals surface area contributed by atoms with Crippen LogP contribution in [0.5, 0.6) is 11.8 Å². The largest absolute Gasteiger partial charge is 0.474 e. The summed E-state index contributed by atoms with van der Waals surface area (Å²) in [5, 5.41) is 11.5. The van der Waals surface area contributed by atoms with E-state index in [9.17, 15) is 4.79 Å². The van der Waals surface area contributed by atoms with Crippen molar-refractivity contribution in [3.63, 3.8) is 0 Å². The predicted octanol–water partition coefficient (Wildman–Crippen LogP) is 3.53. The number of nitrogens with zero attached hydrogens (tertiary/aromatic N) is 4. The number of halogens is 2. The van der Waals surface area contributed by atoms with Crippen LogP contribution in [-0.4, -0.2) is 58.3 Å². The minimum Gasteiger partial charge on any atom is -0.474 e. The Morgan fingerprint density at radius 2 is 1.46 bits per heavy atom. The number of ether oxygens (including phenoxy) is 3. The Bertz CT molecular complexity index is 1180. The normalized spacial score (nSPS) is 10.4. The molecule has 0 saturated heterocycles. The smallest absolute Gasteiger partial charge is 0.407 e. The first kappa shape index (κ1) is 29.7. The van der Waals surface area contributed by atoms with E-state index in [0.717, 1.165) is 5.39 Å². The summed E-state index contributed by atoms with van der Waals surface area (Å²) in [7, 11) is 0. The number of carbonyl (C=O) groups is 1. The zero-order chi connectivity index (χ0) is 23.7. The van der Waals surface area contributed by atoms with Gasteiger partial charge in [-0.2, -0.15) is 0 Å². The zero-order valence-electron chi connectivity index (χ0n) is 19.4. The maximum Gasteiger partial charge on any atom is 0.407 e. The van der Waals surface area contributed by atoms with E-state index in [-0.39, 0.29) is 31.4 Å². The van der Waals surface area contributed by atoms with Crippen molar-refractivity contribution < 1.29 is 28.1 Å². The van der Waals surface area contributed by atoms with Crippen LogP contribution >= 0.6 is 24.8 Å². The lowest BCUT2D eigenvalue weighted by Crippen LogP contribution is -2.34. The molecule has 35 heavy (non-hydrogen) atoms. The first-order chi connectivity index (χ1) is 15.9. The Labute approximate surface area is 213 Å². The van der Waals surface area contributed by atoms with Gasteiger partial charge in [0.05, 0.1) is 6.54 Å². The quantitative estimate of drug-likeness (QED) is 0.336. The summed E-state index contributed by atoms with van der Waals surface area (Å²) in [6, 6.07) is 7.21. The molecule has 0 spiro atoms. The highest BCUT2D eigenvalue weighted by atomic mass is 35.5. The fourth-order valence-corrected chi connectivity index (χ4v) is 2.50. The lowest BCUT2D eigenvalue weighted by molar-refractivity contribution is 0.0519. The van der Waals surface area contributed by atoms with E-state index in [4.69, 9.17) is 29.0 Å². The lowest BCUT2D eigenvalue weighted by Gasteiger charge is -2.19. The Balaban J connectivity index is 0.000000356. The third-order valence-corrected chi connectivity index (χ3v) is 3.80. The van der Waals surface area contributed by atoms with Crippen LogP contribution in [-0.2, 0) is 4.74 Å². The number of hydrogen-bond acceptors (Lipinski definition) is 11. The molecule has 4 aromatic rings. The number of nitrogens with one attached hydrogen (secondary N) is 1. The number of alkyl carbamates (subject to hydrolysis) is 1. The van der Waals surface area contributed by atoms with Gasteiger partial charge in [0.2, 0.25) is 0 Å². The summed E-state index contributed by atoms with van der Waals surface area (Å²) in [5.41, 5.74) is 5.68. The number of nitrogens with two attached hydrogens (primary N) is 1. The van der Waals surface area contributed by atoms with Crippen LogP contribution in [0.25, 0.3) is 22.2 Å². The van der Waals surface area contributed by atoms with E-state index in [1.807, 2.05) is 6.07 Å². The van der Waals surface area contributed by atoms with Gasteiger partial charge in [-0.05, 0) is 55.4 Å². The van der Waals surface area contributed by atoms with Gasteiger partial charge in [0.1, 0.15) is 29.6 Å². The van der Waals surface area contributed by atoms with Crippen LogP contribution in [0.4, 0.5) is 4.79 Å². The number of aromatic nitrogens is 4. The van der Waals surface area contributed by atoms with E-state index in [0.29, 0.717) is 48.3 Å². The highest BCUT2D eigenvalue weighted by molar-refractivity contribution is 5.85. The number of amides is 1. The summed E-state index contributed by atoms with van der Waals surface area (Å²) in [5.74, 6) is 0.813. The third kappa shape index (κ3) is 9.08. The predicted molar refractivity (Wildman–Crippen MR) is 132 cm³/mol. The molecule has 0 aliphatic heterocycles. The summed E-state index contributed by atoms with van der Waals surface area (Å²) in [6.45, 7) is 6.86. The minimum absolute atomic E-state index is 0. The highest BCUT2D eigenvalue weighted by Crippen LogP contribution is 2.22. The second-order valence-corrected chi connectivity index (χ2v) is 7.60. The monoisotopic (exact) mass is 530 g/mol. The van der Waals surface area contributed by atoms with Gasteiger partial charge in [-0.25, -0.2) is 14.8 Å². The van der Waals surface area contributed by atoms with Crippen LogP contribution in [0, 0.1) is 0 Å². The number of rotatable bonds is 7. The van der Waals surface area contributed by atoms with Crippen molar-refractivity contribution in [2.45, 2.75) is 26.4 Å². The fraction of sp³-hybridized carbons (Fsp3) is 0.381. The Hall–Kier alpha value is -3.35. The molecule has 4 rings (SSSR count). The lowest BCUT2D eigenvalue weighted by atomic mass is 10.2. The second-order valence-electron chi connectivity index (χ2n) is 7.60. The van der Waals surface area contributed by atoms with Crippen molar-refractivity contribution in [1.29, 1.82) is 0 Å². The second kappa shape index (κ2) is 14.1. The first-order valence-electron chi connectivity index (χ1n) is 10.2. The molecular weight excluding hydrogens is 503 g/mol. The molecule has 0 aliphatic rings. The van der Waals surface area contributed by atoms with E-state index >= 15 is 0 Å². The molecule has 0 radical (unpaired) electrons. The zero-order valence-corrected chi connectivity index (χ0v) is 21.1. The molecule has 0 aliphatic carbocycles. The first-order valence-corrected chi connectivity index (χ1v) is 10.2. The van der Waals surface area contributed by atoms with Crippen LogP contribution in [0.1, 0.15) is 20.8 Å². The van der Waals surface area contributed by atoms with Crippen LogP contribution in [0.2, 0.25) is 0 Å². The number of fused-ring (bicyclic) bond motifs is 2. The molecule has 1 amide bonds. The summed E-state index contributed by atoms with van der Waals surface area (Å²) in [4.78, 5) is 19.4. The molecule has 14 heteroatoms. The Morgan fingerprint density at radius 3 is 1.94 bits per heavy atom. The summed E-state index contributed by atoms with van der Waals surface area (Å²) < 4.78 is 25.7. The van der Waals surface area contributed by atoms with Crippen molar-refractivity contribution in [2.75, 3.05) is 26.3 Å². The summed E-state index contributed by atoms with van der Waals surface area (Å²) >= 11 is 0. The number of hydrogen-bond donors (Lipinski definition) is 2. The van der Waals surface area contributed by atoms with Crippen molar-refractivity contribution in [2.24, 2.45) is 5.73 Å². The molecule has 0 aromatic carbocycles. The molecule has 0 unspecified atom stereocenters. The Morgan fingerprint density at radius 1 is 0.943 bits per heavy atom. The topological polar surface area (TPSA) is 161 Å². The van der Waals surface area contributed by atoms with Crippen molar-refractivity contribution in [3.05, 3.63) is 36.7 Å². The van der Waals surface area contributed by atoms with Crippen LogP contribution in [0.15, 0.2) is 45.7 Å².